The number of benzene rings is 1. The summed E-state index contributed by atoms with van der Waals surface area (Å²) in [5.41, 5.74) is 9.04. The smallest absolute Gasteiger partial charge is 0.375 e. The van der Waals surface area contributed by atoms with Gasteiger partial charge in [0.1, 0.15) is 0 Å². The fourth-order valence-electron chi connectivity index (χ4n) is 1.90. The second-order valence-corrected chi connectivity index (χ2v) is 4.35. The Balaban J connectivity index is 2.24. The van der Waals surface area contributed by atoms with E-state index in [-0.39, 0.29) is 11.6 Å². The number of nitrogens with zero attached hydrogens (tertiary/aromatic N) is 4. The molecule has 0 saturated heterocycles. The summed E-state index contributed by atoms with van der Waals surface area (Å²) in [6.45, 7) is 1.92. The molecule has 0 atom stereocenters. The molecule has 0 radical (unpaired) electrons. The Morgan fingerprint density at radius 3 is 2.85 bits per heavy atom. The lowest BCUT2D eigenvalue weighted by Crippen LogP contribution is -2.00. The van der Waals surface area contributed by atoms with E-state index in [1.54, 1.807) is 12.3 Å². The zero-order valence-corrected chi connectivity index (χ0v) is 10.6. The van der Waals surface area contributed by atoms with Crippen molar-refractivity contribution in [1.82, 2.24) is 19.6 Å². The molecule has 3 rings (SSSR count). The van der Waals surface area contributed by atoms with Gasteiger partial charge in [-0.2, -0.15) is 9.50 Å². The van der Waals surface area contributed by atoms with Gasteiger partial charge < -0.3 is 10.8 Å². The number of hydrogen-bond donors (Lipinski definition) is 2. The van der Waals surface area contributed by atoms with Gasteiger partial charge in [0.25, 0.3) is 11.6 Å². The largest absolute Gasteiger partial charge is 0.475 e. The van der Waals surface area contributed by atoms with Crippen LogP contribution in [0.2, 0.25) is 0 Å². The van der Waals surface area contributed by atoms with Gasteiger partial charge in [-0.1, -0.05) is 12.1 Å². The van der Waals surface area contributed by atoms with Crippen LogP contribution in [0.1, 0.15) is 16.2 Å². The second kappa shape index (κ2) is 4.30. The number of nitrogens with two attached hydrogens (primary N) is 1. The monoisotopic (exact) mass is 269 g/mol. The first-order valence-electron chi connectivity index (χ1n) is 5.88. The van der Waals surface area contributed by atoms with Gasteiger partial charge in [0.2, 0.25) is 0 Å². The highest BCUT2D eigenvalue weighted by atomic mass is 16.4. The highest BCUT2D eigenvalue weighted by molar-refractivity contribution is 5.83. The number of carboxylic acid groups (broad SMARTS) is 1. The van der Waals surface area contributed by atoms with Crippen molar-refractivity contribution < 1.29 is 9.90 Å². The van der Waals surface area contributed by atoms with E-state index in [1.165, 1.54) is 4.52 Å². The molecule has 0 aliphatic rings. The summed E-state index contributed by atoms with van der Waals surface area (Å²) >= 11 is 0. The van der Waals surface area contributed by atoms with Crippen LogP contribution in [0, 0.1) is 6.92 Å². The Morgan fingerprint density at radius 2 is 2.15 bits per heavy atom. The molecule has 2 heterocycles. The van der Waals surface area contributed by atoms with E-state index in [0.717, 1.165) is 11.1 Å². The summed E-state index contributed by atoms with van der Waals surface area (Å²) in [5.74, 6) is -1.24. The van der Waals surface area contributed by atoms with Gasteiger partial charge in [0.15, 0.2) is 0 Å². The van der Waals surface area contributed by atoms with Crippen LogP contribution in [0.25, 0.3) is 17.0 Å². The Bertz CT molecular complexity index is 825. The molecule has 0 unspecified atom stereocenters. The highest BCUT2D eigenvalue weighted by Gasteiger charge is 2.14. The molecule has 0 bridgehead atoms. The fraction of sp³-hybridized carbons (Fsp3) is 0.0769. The van der Waals surface area contributed by atoms with Crippen molar-refractivity contribution >= 4 is 17.4 Å². The predicted molar refractivity (Wildman–Crippen MR) is 72.3 cm³/mol. The van der Waals surface area contributed by atoms with Crippen molar-refractivity contribution in [2.75, 3.05) is 5.73 Å². The van der Waals surface area contributed by atoms with Crippen LogP contribution in [-0.4, -0.2) is 30.7 Å². The van der Waals surface area contributed by atoms with Crippen LogP contribution in [0.5, 0.6) is 0 Å². The zero-order chi connectivity index (χ0) is 14.3. The van der Waals surface area contributed by atoms with Crippen molar-refractivity contribution in [1.29, 1.82) is 0 Å². The van der Waals surface area contributed by atoms with Crippen LogP contribution in [0.15, 0.2) is 30.5 Å². The van der Waals surface area contributed by atoms with Crippen LogP contribution in [0.4, 0.5) is 5.69 Å². The van der Waals surface area contributed by atoms with Crippen LogP contribution in [0.3, 0.4) is 0 Å². The summed E-state index contributed by atoms with van der Waals surface area (Å²) in [7, 11) is 0. The molecule has 0 aliphatic heterocycles. The van der Waals surface area contributed by atoms with E-state index in [1.807, 2.05) is 25.1 Å². The molecule has 7 heteroatoms. The molecule has 100 valence electrons. The number of anilines is 1. The fourth-order valence-corrected chi connectivity index (χ4v) is 1.90. The first kappa shape index (κ1) is 12.1. The molecular weight excluding hydrogens is 258 g/mol. The molecule has 3 aromatic rings. The van der Waals surface area contributed by atoms with Crippen molar-refractivity contribution in [3.05, 3.63) is 41.9 Å². The quantitative estimate of drug-likeness (QED) is 0.681. The Hall–Kier alpha value is -2.96. The predicted octanol–water partition coefficient (Wildman–Crippen LogP) is 1.38. The van der Waals surface area contributed by atoms with Gasteiger partial charge in [0.05, 0.1) is 5.69 Å². The van der Waals surface area contributed by atoms with Crippen molar-refractivity contribution in [2.24, 2.45) is 0 Å². The van der Waals surface area contributed by atoms with Crippen molar-refractivity contribution in [3.63, 3.8) is 0 Å². The van der Waals surface area contributed by atoms with Gasteiger partial charge in [-0.15, -0.1) is 5.10 Å². The van der Waals surface area contributed by atoms with Crippen LogP contribution >= 0.6 is 0 Å². The van der Waals surface area contributed by atoms with Gasteiger partial charge in [0, 0.05) is 17.4 Å². The number of aryl methyl sites for hydroxylation is 1. The maximum atomic E-state index is 10.9. The average Bonchev–Trinajstić information content (AvgIpc) is 2.86. The molecule has 20 heavy (non-hydrogen) atoms. The van der Waals surface area contributed by atoms with Crippen molar-refractivity contribution in [2.45, 2.75) is 6.92 Å². The van der Waals surface area contributed by atoms with Gasteiger partial charge in [-0.3, -0.25) is 0 Å². The summed E-state index contributed by atoms with van der Waals surface area (Å²) in [5, 5.41) is 12.9. The van der Waals surface area contributed by atoms with Gasteiger partial charge in [-0.05, 0) is 24.6 Å². The number of fused-ring (bicyclic) bond motifs is 1. The maximum Gasteiger partial charge on any atom is 0.375 e. The third kappa shape index (κ3) is 1.85. The molecule has 0 fully saturated rings. The Labute approximate surface area is 113 Å². The third-order valence-corrected chi connectivity index (χ3v) is 3.01. The number of carbonyl (C=O) groups is 1. The van der Waals surface area contributed by atoms with E-state index in [4.69, 9.17) is 10.8 Å². The third-order valence-electron chi connectivity index (χ3n) is 3.01. The zero-order valence-electron chi connectivity index (χ0n) is 10.6. The lowest BCUT2D eigenvalue weighted by atomic mass is 10.1. The summed E-state index contributed by atoms with van der Waals surface area (Å²) in [4.78, 5) is 18.8. The average molecular weight is 269 g/mol. The molecule has 0 saturated carbocycles. The molecular formula is C13H11N5O2. The standard InChI is InChI=1S/C13H11N5O2/c1-7-2-3-8(6-9(7)14)10-4-5-15-13-16-11(12(19)20)17-18(10)13/h2-6H,14H2,1H3,(H,19,20). The Kier molecular flexibility index (Phi) is 2.60. The normalized spacial score (nSPS) is 10.8. The molecule has 0 spiro atoms. The number of aromatic carboxylic acids is 1. The lowest BCUT2D eigenvalue weighted by molar-refractivity contribution is 0.0684. The summed E-state index contributed by atoms with van der Waals surface area (Å²) in [6, 6.07) is 7.33. The minimum Gasteiger partial charge on any atom is -0.475 e. The number of aromatic nitrogens is 4. The van der Waals surface area contributed by atoms with Gasteiger partial charge >= 0.3 is 5.97 Å². The summed E-state index contributed by atoms with van der Waals surface area (Å²) in [6.07, 6.45) is 1.56. The minimum absolute atomic E-state index is 0.235. The Morgan fingerprint density at radius 1 is 1.35 bits per heavy atom. The summed E-state index contributed by atoms with van der Waals surface area (Å²) < 4.78 is 1.40. The topological polar surface area (TPSA) is 106 Å². The van der Waals surface area contributed by atoms with E-state index in [0.29, 0.717) is 11.4 Å². The molecule has 2 aromatic heterocycles. The van der Waals surface area contributed by atoms with E-state index < -0.39 is 5.97 Å². The van der Waals surface area contributed by atoms with E-state index in [9.17, 15) is 4.79 Å². The SMILES string of the molecule is Cc1ccc(-c2ccnc3nc(C(=O)O)nn23)cc1N. The van der Waals surface area contributed by atoms with Crippen molar-refractivity contribution in [3.8, 4) is 11.3 Å². The maximum absolute atomic E-state index is 10.9. The van der Waals surface area contributed by atoms with Crippen LogP contribution < -0.4 is 5.73 Å². The highest BCUT2D eigenvalue weighted by Crippen LogP contribution is 2.23. The first-order chi connectivity index (χ1) is 9.56. The number of rotatable bonds is 2. The lowest BCUT2D eigenvalue weighted by Gasteiger charge is -2.06. The number of hydrogen-bond acceptors (Lipinski definition) is 5. The molecule has 1 aromatic carbocycles. The van der Waals surface area contributed by atoms with Crippen LogP contribution in [-0.2, 0) is 0 Å². The van der Waals surface area contributed by atoms with Gasteiger partial charge in [-0.25, -0.2) is 9.78 Å². The molecule has 3 N–H and O–H groups in total. The van der Waals surface area contributed by atoms with E-state index in [2.05, 4.69) is 15.1 Å². The molecule has 7 nitrogen and oxygen atoms in total. The second-order valence-electron chi connectivity index (χ2n) is 4.35. The number of nitrogen functional groups attached to an aromatic ring is 1. The molecule has 0 amide bonds. The first-order valence-corrected chi connectivity index (χ1v) is 5.88. The van der Waals surface area contributed by atoms with E-state index >= 15 is 0 Å². The molecule has 0 aliphatic carbocycles. The minimum atomic E-state index is -1.19. The number of carboxylic acids is 1.